The van der Waals surface area contributed by atoms with Gasteiger partial charge in [-0.25, -0.2) is 0 Å². The quantitative estimate of drug-likeness (QED) is 0.377. The summed E-state index contributed by atoms with van der Waals surface area (Å²) in [6.07, 6.45) is -2.90. The van der Waals surface area contributed by atoms with Gasteiger partial charge in [-0.1, -0.05) is 6.07 Å². The van der Waals surface area contributed by atoms with Gasteiger partial charge in [0.15, 0.2) is 5.78 Å². The lowest BCUT2D eigenvalue weighted by atomic mass is 9.99. The van der Waals surface area contributed by atoms with Gasteiger partial charge >= 0.3 is 6.18 Å². The highest BCUT2D eigenvalue weighted by molar-refractivity contribution is 6.03. The molecule has 0 saturated heterocycles. The van der Waals surface area contributed by atoms with Crippen molar-refractivity contribution in [1.82, 2.24) is 14.9 Å². The highest BCUT2D eigenvalue weighted by atomic mass is 19.4. The van der Waals surface area contributed by atoms with Crippen LogP contribution < -0.4 is 10.9 Å². The Balaban J connectivity index is 1.84. The molecule has 0 saturated carbocycles. The molecule has 184 valence electrons. The number of ketones is 1. The first-order chi connectivity index (χ1) is 17.0. The van der Waals surface area contributed by atoms with Crippen LogP contribution in [0.5, 0.6) is 0 Å². The fourth-order valence-corrected chi connectivity index (χ4v) is 4.15. The van der Waals surface area contributed by atoms with E-state index in [1.54, 1.807) is 44.3 Å². The van der Waals surface area contributed by atoms with Crippen LogP contribution in [0.1, 0.15) is 57.4 Å². The number of benzene rings is 2. The summed E-state index contributed by atoms with van der Waals surface area (Å²) in [5.41, 5.74) is 0.285. The standard InChI is InChI=1S/C27H22F3N3O3/c1-15-21-14-18(25(35)32-16(2)22-6-4-5-13-31-22)7-12-23(21)33(26(36)24(15)17(3)34)20-10-8-19(9-11-20)27(28,29)30/h4-14,16H,1-3H3,(H,32,35)/t16-/m0/s1. The number of aromatic nitrogens is 2. The van der Waals surface area contributed by atoms with E-state index in [4.69, 9.17) is 0 Å². The SMILES string of the molecule is CC(=O)c1c(C)c2cc(C(=O)N[C@@H](C)c3ccccn3)ccc2n(-c2ccc(C(F)(F)F)cc2)c1=O. The van der Waals surface area contributed by atoms with Crippen molar-refractivity contribution >= 4 is 22.6 Å². The normalized spacial score (nSPS) is 12.4. The van der Waals surface area contributed by atoms with Crippen molar-refractivity contribution in [3.05, 3.63) is 105 Å². The predicted molar refractivity (Wildman–Crippen MR) is 129 cm³/mol. The lowest BCUT2D eigenvalue weighted by Gasteiger charge is -2.17. The van der Waals surface area contributed by atoms with Crippen LogP contribution in [0.15, 0.2) is 71.7 Å². The fourth-order valence-electron chi connectivity index (χ4n) is 4.15. The van der Waals surface area contributed by atoms with E-state index < -0.39 is 23.1 Å². The summed E-state index contributed by atoms with van der Waals surface area (Å²) in [6, 6.07) is 13.8. The monoisotopic (exact) mass is 493 g/mol. The van der Waals surface area contributed by atoms with Crippen molar-refractivity contribution < 1.29 is 22.8 Å². The second-order valence-electron chi connectivity index (χ2n) is 8.42. The van der Waals surface area contributed by atoms with Crippen LogP contribution in [0, 0.1) is 6.92 Å². The molecular formula is C27H22F3N3O3. The largest absolute Gasteiger partial charge is 0.416 e. The van der Waals surface area contributed by atoms with E-state index in [-0.39, 0.29) is 23.2 Å². The van der Waals surface area contributed by atoms with Crippen molar-refractivity contribution in [3.63, 3.8) is 0 Å². The lowest BCUT2D eigenvalue weighted by molar-refractivity contribution is -0.137. The third-order valence-electron chi connectivity index (χ3n) is 5.98. The number of nitrogens with one attached hydrogen (secondary N) is 1. The third kappa shape index (κ3) is 4.64. The number of nitrogens with zero attached hydrogens (tertiary/aromatic N) is 2. The summed E-state index contributed by atoms with van der Waals surface area (Å²) in [7, 11) is 0. The summed E-state index contributed by atoms with van der Waals surface area (Å²) < 4.78 is 40.3. The van der Waals surface area contributed by atoms with Gasteiger partial charge in [-0.15, -0.1) is 0 Å². The molecule has 0 aliphatic rings. The average Bonchev–Trinajstić information content (AvgIpc) is 2.84. The van der Waals surface area contributed by atoms with E-state index in [0.717, 1.165) is 12.1 Å². The van der Waals surface area contributed by atoms with Crippen LogP contribution in [-0.4, -0.2) is 21.2 Å². The van der Waals surface area contributed by atoms with Crippen LogP contribution in [-0.2, 0) is 6.18 Å². The Morgan fingerprint density at radius 3 is 2.31 bits per heavy atom. The molecule has 4 rings (SSSR count). The molecule has 2 heterocycles. The molecule has 2 aromatic heterocycles. The smallest absolute Gasteiger partial charge is 0.344 e. The number of carbonyl (C=O) groups excluding carboxylic acids is 2. The molecule has 0 aliphatic heterocycles. The Hall–Kier alpha value is -4.27. The fraction of sp³-hybridized carbons (Fsp3) is 0.185. The number of rotatable bonds is 5. The van der Waals surface area contributed by atoms with Crippen LogP contribution in [0.3, 0.4) is 0 Å². The summed E-state index contributed by atoms with van der Waals surface area (Å²) in [4.78, 5) is 42.9. The second kappa shape index (κ2) is 9.41. The minimum atomic E-state index is -4.53. The van der Waals surface area contributed by atoms with E-state index >= 15 is 0 Å². The van der Waals surface area contributed by atoms with Gasteiger partial charge in [0.1, 0.15) is 0 Å². The zero-order valence-corrected chi connectivity index (χ0v) is 19.7. The molecule has 1 N–H and O–H groups in total. The van der Waals surface area contributed by atoms with Gasteiger partial charge in [0, 0.05) is 22.8 Å². The highest BCUT2D eigenvalue weighted by Gasteiger charge is 2.30. The number of halogens is 3. The van der Waals surface area contributed by atoms with E-state index in [2.05, 4.69) is 10.3 Å². The minimum Gasteiger partial charge on any atom is -0.344 e. The number of hydrogen-bond acceptors (Lipinski definition) is 4. The molecule has 0 spiro atoms. The van der Waals surface area contributed by atoms with E-state index in [0.29, 0.717) is 27.7 Å². The first kappa shape index (κ1) is 24.8. The zero-order valence-electron chi connectivity index (χ0n) is 19.7. The number of carbonyl (C=O) groups is 2. The van der Waals surface area contributed by atoms with Gasteiger partial charge < -0.3 is 5.32 Å². The van der Waals surface area contributed by atoms with Gasteiger partial charge in [0.25, 0.3) is 11.5 Å². The first-order valence-corrected chi connectivity index (χ1v) is 11.1. The van der Waals surface area contributed by atoms with Crippen LogP contribution >= 0.6 is 0 Å². The summed E-state index contributed by atoms with van der Waals surface area (Å²) >= 11 is 0. The molecule has 36 heavy (non-hydrogen) atoms. The molecule has 6 nitrogen and oxygen atoms in total. The molecular weight excluding hydrogens is 471 g/mol. The minimum absolute atomic E-state index is 0.0955. The average molecular weight is 493 g/mol. The van der Waals surface area contributed by atoms with Gasteiger partial charge in [-0.3, -0.25) is 23.9 Å². The topological polar surface area (TPSA) is 81.1 Å². The number of Topliss-reactive ketones (excluding diaryl/α,β-unsaturated/α-hetero) is 1. The van der Waals surface area contributed by atoms with Gasteiger partial charge in [-0.05, 0) is 80.9 Å². The maximum atomic E-state index is 13.3. The second-order valence-corrected chi connectivity index (χ2v) is 8.42. The summed E-state index contributed by atoms with van der Waals surface area (Å²) in [6.45, 7) is 4.65. The maximum Gasteiger partial charge on any atom is 0.416 e. The van der Waals surface area contributed by atoms with E-state index in [1.807, 2.05) is 6.07 Å². The lowest BCUT2D eigenvalue weighted by Crippen LogP contribution is -2.28. The summed E-state index contributed by atoms with van der Waals surface area (Å²) in [5, 5.41) is 3.32. The first-order valence-electron chi connectivity index (χ1n) is 11.1. The van der Waals surface area contributed by atoms with Crippen molar-refractivity contribution in [1.29, 1.82) is 0 Å². The molecule has 1 amide bonds. The summed E-state index contributed by atoms with van der Waals surface area (Å²) in [5.74, 6) is -0.871. The van der Waals surface area contributed by atoms with Gasteiger partial charge in [0.05, 0.1) is 28.4 Å². The van der Waals surface area contributed by atoms with Crippen LogP contribution in [0.25, 0.3) is 16.6 Å². The third-order valence-corrected chi connectivity index (χ3v) is 5.98. The van der Waals surface area contributed by atoms with Crippen molar-refractivity contribution in [2.24, 2.45) is 0 Å². The zero-order chi connectivity index (χ0) is 26.2. The number of alkyl halides is 3. The van der Waals surface area contributed by atoms with E-state index in [1.165, 1.54) is 29.7 Å². The molecule has 0 fully saturated rings. The maximum absolute atomic E-state index is 13.3. The Morgan fingerprint density at radius 1 is 1.03 bits per heavy atom. The molecule has 2 aromatic carbocycles. The molecule has 0 radical (unpaired) electrons. The molecule has 1 atom stereocenters. The van der Waals surface area contributed by atoms with Crippen molar-refractivity contribution in [2.75, 3.05) is 0 Å². The molecule has 0 aliphatic carbocycles. The molecule has 4 aromatic rings. The van der Waals surface area contributed by atoms with E-state index in [9.17, 15) is 27.6 Å². The Bertz CT molecular complexity index is 1530. The Labute approximate surface area is 204 Å². The number of amides is 1. The number of hydrogen-bond donors (Lipinski definition) is 1. The Kier molecular flexibility index (Phi) is 6.49. The molecule has 9 heteroatoms. The van der Waals surface area contributed by atoms with Gasteiger partial charge in [0.2, 0.25) is 0 Å². The number of aryl methyl sites for hydroxylation is 1. The molecule has 0 bridgehead atoms. The Morgan fingerprint density at radius 2 is 1.72 bits per heavy atom. The van der Waals surface area contributed by atoms with Crippen molar-refractivity contribution in [2.45, 2.75) is 33.0 Å². The number of pyridine rings is 2. The van der Waals surface area contributed by atoms with Crippen LogP contribution in [0.2, 0.25) is 0 Å². The van der Waals surface area contributed by atoms with Crippen LogP contribution in [0.4, 0.5) is 13.2 Å². The highest BCUT2D eigenvalue weighted by Crippen LogP contribution is 2.30. The van der Waals surface area contributed by atoms with Crippen molar-refractivity contribution in [3.8, 4) is 5.69 Å². The predicted octanol–water partition coefficient (Wildman–Crippen LogP) is 5.41. The molecule has 0 unspecified atom stereocenters. The van der Waals surface area contributed by atoms with Gasteiger partial charge in [-0.2, -0.15) is 13.2 Å². The number of fused-ring (bicyclic) bond motifs is 1.